The van der Waals surface area contributed by atoms with Crippen LogP contribution in [0.3, 0.4) is 0 Å². The summed E-state index contributed by atoms with van der Waals surface area (Å²) < 4.78 is 48.4. The summed E-state index contributed by atoms with van der Waals surface area (Å²) in [4.78, 5) is -0.669. The van der Waals surface area contributed by atoms with Gasteiger partial charge < -0.3 is 5.11 Å². The molecule has 1 rings (SSSR count). The minimum absolute atomic E-state index is 0.292. The molecule has 1 N–H and O–H groups in total. The first-order chi connectivity index (χ1) is 6.31. The maximum atomic E-state index is 12.9. The van der Waals surface area contributed by atoms with Crippen LogP contribution in [0, 0.1) is 5.82 Å². The lowest BCUT2D eigenvalue weighted by molar-refractivity contribution is -0.0329. The zero-order valence-electron chi connectivity index (χ0n) is 6.40. The van der Waals surface area contributed by atoms with Crippen LogP contribution >= 0.6 is 27.7 Å². The lowest BCUT2D eigenvalue weighted by Gasteiger charge is -2.09. The first kappa shape index (κ1) is 11.6. The van der Waals surface area contributed by atoms with Gasteiger partial charge in [-0.05, 0) is 39.8 Å². The van der Waals surface area contributed by atoms with Gasteiger partial charge in [-0.15, -0.1) is 0 Å². The summed E-state index contributed by atoms with van der Waals surface area (Å²) in [5.41, 5.74) is -4.59. The highest BCUT2D eigenvalue weighted by Gasteiger charge is 2.32. The standard InChI is InChI=1S/C7H3BrF4OS/c8-5-4(13)2-1-3(9)6(5)14-7(10,11)12/h1-2,13H. The molecule has 0 fully saturated rings. The van der Waals surface area contributed by atoms with Gasteiger partial charge in [0.15, 0.2) is 0 Å². The van der Waals surface area contributed by atoms with Crippen molar-refractivity contribution in [1.29, 1.82) is 0 Å². The summed E-state index contributed by atoms with van der Waals surface area (Å²) in [6.45, 7) is 0. The van der Waals surface area contributed by atoms with Crippen LogP contribution in [0.25, 0.3) is 0 Å². The van der Waals surface area contributed by atoms with Crippen molar-refractivity contribution in [2.45, 2.75) is 10.4 Å². The van der Waals surface area contributed by atoms with Crippen molar-refractivity contribution in [2.75, 3.05) is 0 Å². The molecule has 1 nitrogen and oxygen atoms in total. The molecule has 0 bridgehead atoms. The molecular formula is C7H3BrF4OS. The van der Waals surface area contributed by atoms with E-state index < -0.39 is 33.7 Å². The number of hydrogen-bond acceptors (Lipinski definition) is 2. The number of phenols is 1. The summed E-state index contributed by atoms with van der Waals surface area (Å²) >= 11 is 2.06. The fourth-order valence-corrected chi connectivity index (χ4v) is 1.89. The van der Waals surface area contributed by atoms with Crippen molar-refractivity contribution < 1.29 is 22.7 Å². The maximum absolute atomic E-state index is 12.9. The van der Waals surface area contributed by atoms with Crippen molar-refractivity contribution in [3.05, 3.63) is 22.4 Å². The largest absolute Gasteiger partial charge is 0.507 e. The molecule has 78 valence electrons. The van der Waals surface area contributed by atoms with Crippen molar-refractivity contribution in [3.63, 3.8) is 0 Å². The Hall–Kier alpha value is -0.430. The van der Waals surface area contributed by atoms with Crippen LogP contribution in [0.1, 0.15) is 0 Å². The van der Waals surface area contributed by atoms with E-state index in [0.29, 0.717) is 0 Å². The van der Waals surface area contributed by atoms with Crippen LogP contribution in [0.2, 0.25) is 0 Å². The quantitative estimate of drug-likeness (QED) is 0.625. The van der Waals surface area contributed by atoms with Crippen molar-refractivity contribution in [3.8, 4) is 5.75 Å². The van der Waals surface area contributed by atoms with Gasteiger partial charge in [-0.3, -0.25) is 0 Å². The van der Waals surface area contributed by atoms with Crippen LogP contribution < -0.4 is 0 Å². The van der Waals surface area contributed by atoms with Crippen LogP contribution in [-0.4, -0.2) is 10.6 Å². The van der Waals surface area contributed by atoms with Crippen molar-refractivity contribution in [2.24, 2.45) is 0 Å². The third kappa shape index (κ3) is 2.78. The Bertz CT molecular complexity index is 352. The van der Waals surface area contributed by atoms with E-state index in [0.717, 1.165) is 12.1 Å². The van der Waals surface area contributed by atoms with Crippen LogP contribution in [0.5, 0.6) is 5.75 Å². The Morgan fingerprint density at radius 3 is 2.36 bits per heavy atom. The molecule has 0 aliphatic rings. The number of aromatic hydroxyl groups is 1. The predicted molar refractivity (Wildman–Crippen MR) is 47.7 cm³/mol. The maximum Gasteiger partial charge on any atom is 0.446 e. The Labute approximate surface area is 89.2 Å². The van der Waals surface area contributed by atoms with E-state index in [9.17, 15) is 17.6 Å². The Balaban J connectivity index is 3.13. The molecule has 0 heterocycles. The Morgan fingerprint density at radius 1 is 1.29 bits per heavy atom. The summed E-state index contributed by atoms with van der Waals surface area (Å²) in [5.74, 6) is -1.46. The fraction of sp³-hybridized carbons (Fsp3) is 0.143. The Morgan fingerprint density at radius 2 is 1.86 bits per heavy atom. The number of benzene rings is 1. The van der Waals surface area contributed by atoms with Gasteiger partial charge in [0.2, 0.25) is 0 Å². The molecule has 7 heteroatoms. The van der Waals surface area contributed by atoms with Gasteiger partial charge in [0.25, 0.3) is 0 Å². The number of alkyl halides is 3. The summed E-state index contributed by atoms with van der Waals surface area (Å²) in [5, 5.41) is 9.03. The highest BCUT2D eigenvalue weighted by atomic mass is 79.9. The number of phenolic OH excluding ortho intramolecular Hbond substituents is 1. The average molecular weight is 291 g/mol. The summed E-state index contributed by atoms with van der Waals surface area (Å²) in [6.07, 6.45) is 0. The van der Waals surface area contributed by atoms with Crippen molar-refractivity contribution >= 4 is 27.7 Å². The van der Waals surface area contributed by atoms with E-state index in [1.807, 2.05) is 0 Å². The van der Waals surface area contributed by atoms with Crippen molar-refractivity contribution in [1.82, 2.24) is 0 Å². The van der Waals surface area contributed by atoms with E-state index in [4.69, 9.17) is 5.11 Å². The molecule has 0 saturated heterocycles. The molecule has 0 aliphatic heterocycles. The second-order valence-corrected chi connectivity index (χ2v) is 4.13. The minimum atomic E-state index is -4.59. The lowest BCUT2D eigenvalue weighted by atomic mass is 10.3. The van der Waals surface area contributed by atoms with E-state index in [1.165, 1.54) is 0 Å². The molecule has 0 aliphatic carbocycles. The summed E-state index contributed by atoms with van der Waals surface area (Å²) in [7, 11) is 0. The molecule has 0 aromatic heterocycles. The second-order valence-electron chi connectivity index (χ2n) is 2.26. The molecule has 0 radical (unpaired) electrons. The van der Waals surface area contributed by atoms with E-state index >= 15 is 0 Å². The third-order valence-corrected chi connectivity index (χ3v) is 3.15. The topological polar surface area (TPSA) is 20.2 Å². The van der Waals surface area contributed by atoms with Gasteiger partial charge in [0, 0.05) is 0 Å². The SMILES string of the molecule is Oc1ccc(F)c(SC(F)(F)F)c1Br. The smallest absolute Gasteiger partial charge is 0.446 e. The molecule has 0 spiro atoms. The van der Waals surface area contributed by atoms with Gasteiger partial charge >= 0.3 is 5.51 Å². The molecule has 0 atom stereocenters. The molecule has 14 heavy (non-hydrogen) atoms. The van der Waals surface area contributed by atoms with Gasteiger partial charge in [-0.1, -0.05) is 0 Å². The summed E-state index contributed by atoms with van der Waals surface area (Å²) in [6, 6.07) is 1.74. The molecule has 1 aromatic rings. The minimum Gasteiger partial charge on any atom is -0.507 e. The third-order valence-electron chi connectivity index (χ3n) is 1.25. The lowest BCUT2D eigenvalue weighted by Crippen LogP contribution is -2.00. The first-order valence-electron chi connectivity index (χ1n) is 3.24. The average Bonchev–Trinajstić information content (AvgIpc) is 2.04. The molecular weight excluding hydrogens is 288 g/mol. The fourth-order valence-electron chi connectivity index (χ4n) is 0.731. The molecule has 0 saturated carbocycles. The monoisotopic (exact) mass is 290 g/mol. The Kier molecular flexibility index (Phi) is 3.31. The van der Waals surface area contributed by atoms with Crippen LogP contribution in [0.4, 0.5) is 17.6 Å². The predicted octanol–water partition coefficient (Wildman–Crippen LogP) is 3.91. The highest BCUT2D eigenvalue weighted by molar-refractivity contribution is 9.10. The molecule has 0 amide bonds. The molecule has 0 unspecified atom stereocenters. The highest BCUT2D eigenvalue weighted by Crippen LogP contribution is 2.44. The number of hydrogen-bond donors (Lipinski definition) is 1. The second kappa shape index (κ2) is 3.98. The van der Waals surface area contributed by atoms with Gasteiger partial charge in [-0.2, -0.15) is 13.2 Å². The zero-order valence-corrected chi connectivity index (χ0v) is 8.80. The number of halogens is 5. The van der Waals surface area contributed by atoms with E-state index in [-0.39, 0.29) is 4.47 Å². The number of thioether (sulfide) groups is 1. The van der Waals surface area contributed by atoms with Crippen LogP contribution in [0.15, 0.2) is 21.5 Å². The normalized spacial score (nSPS) is 11.8. The molecule has 1 aromatic carbocycles. The van der Waals surface area contributed by atoms with Crippen LogP contribution in [-0.2, 0) is 0 Å². The van der Waals surface area contributed by atoms with Gasteiger partial charge in [0.05, 0.1) is 9.37 Å². The zero-order chi connectivity index (χ0) is 10.9. The number of rotatable bonds is 1. The van der Waals surface area contributed by atoms with E-state index in [1.54, 1.807) is 0 Å². The van der Waals surface area contributed by atoms with E-state index in [2.05, 4.69) is 15.9 Å². The van der Waals surface area contributed by atoms with Gasteiger partial charge in [0.1, 0.15) is 11.6 Å². The first-order valence-corrected chi connectivity index (χ1v) is 4.85. The van der Waals surface area contributed by atoms with Gasteiger partial charge in [-0.25, -0.2) is 4.39 Å².